The van der Waals surface area contributed by atoms with Gasteiger partial charge in [-0.05, 0) is 45.4 Å². The van der Waals surface area contributed by atoms with Crippen molar-refractivity contribution in [2.75, 3.05) is 26.2 Å². The Bertz CT molecular complexity index is 392. The van der Waals surface area contributed by atoms with Gasteiger partial charge in [-0.25, -0.2) is 4.79 Å². The van der Waals surface area contributed by atoms with Crippen molar-refractivity contribution in [2.24, 2.45) is 5.41 Å². The van der Waals surface area contributed by atoms with Crippen LogP contribution in [0.1, 0.15) is 47.0 Å². The van der Waals surface area contributed by atoms with E-state index in [1.807, 2.05) is 30.6 Å². The van der Waals surface area contributed by atoms with Crippen LogP contribution >= 0.6 is 0 Å². The molecule has 0 aliphatic carbocycles. The van der Waals surface area contributed by atoms with Gasteiger partial charge in [0, 0.05) is 33.1 Å². The van der Waals surface area contributed by atoms with Crippen LogP contribution in [0.5, 0.6) is 0 Å². The fourth-order valence-corrected chi connectivity index (χ4v) is 3.12. The Kier molecular flexibility index (Phi) is 3.98. The number of rotatable bonds is 0. The lowest BCUT2D eigenvalue weighted by molar-refractivity contribution is -0.131. The summed E-state index contributed by atoms with van der Waals surface area (Å²) in [4.78, 5) is 27.2. The summed E-state index contributed by atoms with van der Waals surface area (Å²) in [6, 6.07) is 0. The molecule has 2 rings (SSSR count). The van der Waals surface area contributed by atoms with E-state index < -0.39 is 5.60 Å². The van der Waals surface area contributed by atoms with Gasteiger partial charge in [0.25, 0.3) is 0 Å². The molecule has 0 atom stereocenters. The molecule has 0 bridgehead atoms. The largest absolute Gasteiger partial charge is 0.444 e. The van der Waals surface area contributed by atoms with Crippen molar-refractivity contribution in [3.63, 3.8) is 0 Å². The number of ether oxygens (including phenoxy) is 1. The number of hydrogen-bond donors (Lipinski definition) is 0. The standard InChI is InChI=1S/C15H26N2O3/c1-12(18)16-8-5-15(6-9-16)7-10-17(11-15)13(19)20-14(2,3)4/h5-11H2,1-4H3. The Balaban J connectivity index is 1.89. The Morgan fingerprint density at radius 3 is 1.95 bits per heavy atom. The van der Waals surface area contributed by atoms with Crippen LogP contribution in [-0.4, -0.2) is 53.6 Å². The summed E-state index contributed by atoms with van der Waals surface area (Å²) in [5.41, 5.74) is -0.242. The van der Waals surface area contributed by atoms with Crippen LogP contribution in [0, 0.1) is 5.41 Å². The summed E-state index contributed by atoms with van der Waals surface area (Å²) in [6.07, 6.45) is 2.80. The number of amides is 2. The molecule has 0 aromatic carbocycles. The first kappa shape index (κ1) is 15.1. The van der Waals surface area contributed by atoms with Gasteiger partial charge in [-0.15, -0.1) is 0 Å². The van der Waals surface area contributed by atoms with E-state index >= 15 is 0 Å². The predicted octanol–water partition coefficient (Wildman–Crippen LogP) is 2.26. The topological polar surface area (TPSA) is 49.9 Å². The van der Waals surface area contributed by atoms with Crippen LogP contribution in [0.4, 0.5) is 4.79 Å². The molecule has 2 saturated heterocycles. The maximum absolute atomic E-state index is 12.1. The van der Waals surface area contributed by atoms with Crippen molar-refractivity contribution in [1.29, 1.82) is 0 Å². The molecule has 2 aliphatic rings. The van der Waals surface area contributed by atoms with Gasteiger partial charge in [0.2, 0.25) is 5.91 Å². The van der Waals surface area contributed by atoms with Crippen LogP contribution in [0.2, 0.25) is 0 Å². The molecule has 2 amide bonds. The number of likely N-dealkylation sites (tertiary alicyclic amines) is 2. The second-order valence-electron chi connectivity index (χ2n) is 7.16. The number of hydrogen-bond acceptors (Lipinski definition) is 3. The van der Waals surface area contributed by atoms with E-state index in [0.717, 1.165) is 45.4 Å². The Morgan fingerprint density at radius 1 is 1.00 bits per heavy atom. The molecule has 1 spiro atoms. The zero-order chi connectivity index (χ0) is 15.0. The lowest BCUT2D eigenvalue weighted by atomic mass is 9.78. The van der Waals surface area contributed by atoms with Gasteiger partial charge in [-0.1, -0.05) is 0 Å². The minimum Gasteiger partial charge on any atom is -0.444 e. The highest BCUT2D eigenvalue weighted by molar-refractivity contribution is 5.73. The minimum absolute atomic E-state index is 0.154. The molecule has 0 N–H and O–H groups in total. The molecular weight excluding hydrogens is 256 g/mol. The average molecular weight is 282 g/mol. The SMILES string of the molecule is CC(=O)N1CCC2(CC1)CCN(C(=O)OC(C)(C)C)C2. The molecule has 114 valence electrons. The molecule has 0 aromatic heterocycles. The quantitative estimate of drug-likeness (QED) is 0.685. The fraction of sp³-hybridized carbons (Fsp3) is 0.867. The molecule has 2 fully saturated rings. The Hall–Kier alpha value is -1.26. The van der Waals surface area contributed by atoms with Crippen molar-refractivity contribution in [3.8, 4) is 0 Å². The zero-order valence-electron chi connectivity index (χ0n) is 13.1. The first-order valence-electron chi connectivity index (χ1n) is 7.44. The maximum atomic E-state index is 12.1. The van der Waals surface area contributed by atoms with Gasteiger partial charge in [-0.3, -0.25) is 4.79 Å². The Labute approximate surface area is 121 Å². The fourth-order valence-electron chi connectivity index (χ4n) is 3.12. The normalized spacial score (nSPS) is 22.2. The van der Waals surface area contributed by atoms with Gasteiger partial charge >= 0.3 is 6.09 Å². The molecule has 0 saturated carbocycles. The summed E-state index contributed by atoms with van der Waals surface area (Å²) < 4.78 is 5.44. The van der Waals surface area contributed by atoms with E-state index in [2.05, 4.69) is 0 Å². The third kappa shape index (κ3) is 3.44. The highest BCUT2D eigenvalue weighted by Gasteiger charge is 2.43. The van der Waals surface area contributed by atoms with E-state index in [-0.39, 0.29) is 17.4 Å². The lowest BCUT2D eigenvalue weighted by Gasteiger charge is -2.38. The Morgan fingerprint density at radius 2 is 1.50 bits per heavy atom. The number of carbonyl (C=O) groups is 2. The first-order valence-corrected chi connectivity index (χ1v) is 7.44. The first-order chi connectivity index (χ1) is 9.21. The molecule has 0 aromatic rings. The van der Waals surface area contributed by atoms with Gasteiger partial charge in [0.15, 0.2) is 0 Å². The monoisotopic (exact) mass is 282 g/mol. The zero-order valence-corrected chi connectivity index (χ0v) is 13.1. The van der Waals surface area contributed by atoms with Crippen molar-refractivity contribution in [3.05, 3.63) is 0 Å². The molecule has 20 heavy (non-hydrogen) atoms. The molecule has 0 unspecified atom stereocenters. The smallest absolute Gasteiger partial charge is 0.410 e. The average Bonchev–Trinajstić information content (AvgIpc) is 2.72. The summed E-state index contributed by atoms with van der Waals surface area (Å²) >= 11 is 0. The van der Waals surface area contributed by atoms with Crippen molar-refractivity contribution >= 4 is 12.0 Å². The third-order valence-electron chi connectivity index (χ3n) is 4.36. The second kappa shape index (κ2) is 5.26. The van der Waals surface area contributed by atoms with Crippen molar-refractivity contribution in [1.82, 2.24) is 9.80 Å². The van der Waals surface area contributed by atoms with Gasteiger partial charge < -0.3 is 14.5 Å². The van der Waals surface area contributed by atoms with E-state index in [9.17, 15) is 9.59 Å². The third-order valence-corrected chi connectivity index (χ3v) is 4.36. The van der Waals surface area contributed by atoms with Crippen LogP contribution in [-0.2, 0) is 9.53 Å². The van der Waals surface area contributed by atoms with Gasteiger partial charge in [0.05, 0.1) is 0 Å². The molecule has 2 aliphatic heterocycles. The van der Waals surface area contributed by atoms with Gasteiger partial charge in [0.1, 0.15) is 5.60 Å². The summed E-state index contributed by atoms with van der Waals surface area (Å²) in [5, 5.41) is 0. The minimum atomic E-state index is -0.440. The van der Waals surface area contributed by atoms with Crippen LogP contribution < -0.4 is 0 Å². The van der Waals surface area contributed by atoms with Crippen LogP contribution in [0.25, 0.3) is 0 Å². The molecule has 5 heteroatoms. The summed E-state index contributed by atoms with van der Waals surface area (Å²) in [5.74, 6) is 0.154. The summed E-state index contributed by atoms with van der Waals surface area (Å²) in [6.45, 7) is 10.5. The molecule has 5 nitrogen and oxygen atoms in total. The predicted molar refractivity (Wildman–Crippen MR) is 76.3 cm³/mol. The molecule has 2 heterocycles. The lowest BCUT2D eigenvalue weighted by Crippen LogP contribution is -2.44. The van der Waals surface area contributed by atoms with Crippen molar-refractivity contribution in [2.45, 2.75) is 52.6 Å². The van der Waals surface area contributed by atoms with E-state index in [1.165, 1.54) is 0 Å². The van der Waals surface area contributed by atoms with E-state index in [4.69, 9.17) is 4.74 Å². The van der Waals surface area contributed by atoms with Crippen LogP contribution in [0.15, 0.2) is 0 Å². The van der Waals surface area contributed by atoms with E-state index in [1.54, 1.807) is 6.92 Å². The van der Waals surface area contributed by atoms with Crippen LogP contribution in [0.3, 0.4) is 0 Å². The highest BCUT2D eigenvalue weighted by Crippen LogP contribution is 2.40. The highest BCUT2D eigenvalue weighted by atomic mass is 16.6. The molecule has 0 radical (unpaired) electrons. The van der Waals surface area contributed by atoms with Crippen molar-refractivity contribution < 1.29 is 14.3 Å². The maximum Gasteiger partial charge on any atom is 0.410 e. The molecular formula is C15H26N2O3. The number of piperidine rings is 1. The second-order valence-corrected chi connectivity index (χ2v) is 7.16. The summed E-state index contributed by atoms with van der Waals surface area (Å²) in [7, 11) is 0. The van der Waals surface area contributed by atoms with Gasteiger partial charge in [-0.2, -0.15) is 0 Å². The van der Waals surface area contributed by atoms with E-state index in [0.29, 0.717) is 0 Å². The number of nitrogens with zero attached hydrogens (tertiary/aromatic N) is 2. The number of carbonyl (C=O) groups excluding carboxylic acids is 2.